The lowest BCUT2D eigenvalue weighted by Crippen LogP contribution is -2.22. The van der Waals surface area contributed by atoms with Gasteiger partial charge in [-0.2, -0.15) is 0 Å². The molecule has 0 saturated heterocycles. The summed E-state index contributed by atoms with van der Waals surface area (Å²) in [5.74, 6) is -0.444. The second-order valence-corrected chi connectivity index (χ2v) is 4.90. The molecule has 3 rings (SSSR count). The SMILES string of the molecule is COc1ccc(NC(=O)c2c[nH]c3ccc(F)cc3c2=O)cc1. The average Bonchev–Trinajstić information content (AvgIpc) is 2.56. The van der Waals surface area contributed by atoms with Gasteiger partial charge in [0.2, 0.25) is 5.43 Å². The summed E-state index contributed by atoms with van der Waals surface area (Å²) in [6, 6.07) is 10.5. The van der Waals surface area contributed by atoms with Crippen LogP contribution in [-0.2, 0) is 0 Å². The highest BCUT2D eigenvalue weighted by Crippen LogP contribution is 2.16. The number of methoxy groups -OCH3 is 1. The van der Waals surface area contributed by atoms with Crippen LogP contribution in [0.4, 0.5) is 10.1 Å². The van der Waals surface area contributed by atoms with E-state index in [2.05, 4.69) is 10.3 Å². The quantitative estimate of drug-likeness (QED) is 0.781. The summed E-state index contributed by atoms with van der Waals surface area (Å²) in [5.41, 5.74) is 0.384. The number of carbonyl (C=O) groups excluding carboxylic acids is 1. The Morgan fingerprint density at radius 2 is 1.91 bits per heavy atom. The maximum atomic E-state index is 13.3. The smallest absolute Gasteiger partial charge is 0.261 e. The fraction of sp³-hybridized carbons (Fsp3) is 0.0588. The van der Waals surface area contributed by atoms with Crippen molar-refractivity contribution < 1.29 is 13.9 Å². The van der Waals surface area contributed by atoms with E-state index in [-0.39, 0.29) is 10.9 Å². The second kappa shape index (κ2) is 5.92. The molecule has 0 radical (unpaired) electrons. The number of aromatic amines is 1. The van der Waals surface area contributed by atoms with E-state index in [1.807, 2.05) is 0 Å². The van der Waals surface area contributed by atoms with Gasteiger partial charge in [-0.3, -0.25) is 9.59 Å². The molecule has 0 atom stereocenters. The molecule has 2 N–H and O–H groups in total. The van der Waals surface area contributed by atoms with Crippen molar-refractivity contribution in [2.45, 2.75) is 0 Å². The summed E-state index contributed by atoms with van der Waals surface area (Å²) >= 11 is 0. The molecule has 0 aliphatic carbocycles. The van der Waals surface area contributed by atoms with E-state index >= 15 is 0 Å². The molecule has 5 nitrogen and oxygen atoms in total. The van der Waals surface area contributed by atoms with Crippen molar-refractivity contribution in [3.63, 3.8) is 0 Å². The van der Waals surface area contributed by atoms with Crippen LogP contribution in [0.15, 0.2) is 53.5 Å². The number of H-pyrrole nitrogens is 1. The molecule has 0 aliphatic rings. The third kappa shape index (κ3) is 2.91. The van der Waals surface area contributed by atoms with E-state index in [1.54, 1.807) is 31.4 Å². The van der Waals surface area contributed by atoms with E-state index in [0.29, 0.717) is 17.0 Å². The Balaban J connectivity index is 1.94. The first-order valence-corrected chi connectivity index (χ1v) is 6.85. The van der Waals surface area contributed by atoms with Gasteiger partial charge in [-0.1, -0.05) is 0 Å². The first-order chi connectivity index (χ1) is 11.1. The average molecular weight is 312 g/mol. The third-order valence-electron chi connectivity index (χ3n) is 3.44. The number of pyridine rings is 1. The van der Waals surface area contributed by atoms with Gasteiger partial charge in [0, 0.05) is 22.8 Å². The number of hydrogen-bond acceptors (Lipinski definition) is 3. The normalized spacial score (nSPS) is 10.5. The number of ether oxygens (including phenoxy) is 1. The summed E-state index contributed by atoms with van der Waals surface area (Å²) in [4.78, 5) is 27.4. The molecule has 1 amide bonds. The predicted molar refractivity (Wildman–Crippen MR) is 85.5 cm³/mol. The number of nitrogens with one attached hydrogen (secondary N) is 2. The molecule has 1 aromatic heterocycles. The topological polar surface area (TPSA) is 71.2 Å². The van der Waals surface area contributed by atoms with Crippen LogP contribution < -0.4 is 15.5 Å². The lowest BCUT2D eigenvalue weighted by atomic mass is 10.1. The highest BCUT2D eigenvalue weighted by molar-refractivity contribution is 6.05. The Bertz CT molecular complexity index is 933. The van der Waals surface area contributed by atoms with Gasteiger partial charge in [0.05, 0.1) is 7.11 Å². The molecule has 0 saturated carbocycles. The molecule has 116 valence electrons. The minimum atomic E-state index is -0.567. The number of rotatable bonds is 3. The van der Waals surface area contributed by atoms with Crippen LogP contribution in [0.1, 0.15) is 10.4 Å². The van der Waals surface area contributed by atoms with E-state index in [1.165, 1.54) is 18.3 Å². The molecule has 0 unspecified atom stereocenters. The van der Waals surface area contributed by atoms with Gasteiger partial charge < -0.3 is 15.0 Å². The molecule has 2 aromatic carbocycles. The van der Waals surface area contributed by atoms with Crippen molar-refractivity contribution in [3.05, 3.63) is 70.3 Å². The zero-order valence-electron chi connectivity index (χ0n) is 12.2. The predicted octanol–water partition coefficient (Wildman–Crippen LogP) is 2.93. The standard InChI is InChI=1S/C17H13FN2O3/c1-23-12-5-3-11(4-6-12)20-17(22)14-9-19-15-7-2-10(18)8-13(15)16(14)21/h2-9H,1H3,(H,19,21)(H,20,22). The molecule has 1 heterocycles. The third-order valence-corrected chi connectivity index (χ3v) is 3.44. The van der Waals surface area contributed by atoms with Crippen molar-refractivity contribution in [1.82, 2.24) is 4.98 Å². The Morgan fingerprint density at radius 1 is 1.17 bits per heavy atom. The van der Waals surface area contributed by atoms with Crippen LogP contribution in [-0.4, -0.2) is 18.0 Å². The van der Waals surface area contributed by atoms with Gasteiger partial charge in [-0.15, -0.1) is 0 Å². The first-order valence-electron chi connectivity index (χ1n) is 6.85. The van der Waals surface area contributed by atoms with Crippen molar-refractivity contribution >= 4 is 22.5 Å². The summed E-state index contributed by atoms with van der Waals surface area (Å²) in [7, 11) is 1.54. The Labute approximate surface area is 130 Å². The Hall–Kier alpha value is -3.15. The molecular formula is C17H13FN2O3. The van der Waals surface area contributed by atoms with Gasteiger partial charge in [0.1, 0.15) is 17.1 Å². The number of aromatic nitrogens is 1. The van der Waals surface area contributed by atoms with Crippen molar-refractivity contribution in [3.8, 4) is 5.75 Å². The zero-order chi connectivity index (χ0) is 16.4. The number of hydrogen-bond donors (Lipinski definition) is 2. The number of benzene rings is 2. The molecule has 6 heteroatoms. The minimum Gasteiger partial charge on any atom is -0.497 e. The molecule has 23 heavy (non-hydrogen) atoms. The fourth-order valence-electron chi connectivity index (χ4n) is 2.23. The molecule has 0 bridgehead atoms. The van der Waals surface area contributed by atoms with Crippen LogP contribution in [0.5, 0.6) is 5.75 Å². The van der Waals surface area contributed by atoms with Crippen molar-refractivity contribution in [2.24, 2.45) is 0 Å². The van der Waals surface area contributed by atoms with E-state index in [9.17, 15) is 14.0 Å². The molecular weight excluding hydrogens is 299 g/mol. The van der Waals surface area contributed by atoms with Gasteiger partial charge >= 0.3 is 0 Å². The van der Waals surface area contributed by atoms with E-state index in [0.717, 1.165) is 6.07 Å². The minimum absolute atomic E-state index is 0.0843. The summed E-state index contributed by atoms with van der Waals surface area (Å²) in [5, 5.41) is 2.75. The van der Waals surface area contributed by atoms with Crippen LogP contribution in [0.25, 0.3) is 10.9 Å². The Morgan fingerprint density at radius 3 is 2.61 bits per heavy atom. The zero-order valence-corrected chi connectivity index (χ0v) is 12.2. The van der Waals surface area contributed by atoms with Gasteiger partial charge in [-0.05, 0) is 42.5 Å². The number of carbonyl (C=O) groups is 1. The molecule has 3 aromatic rings. The number of anilines is 1. The summed E-state index contributed by atoms with van der Waals surface area (Å²) < 4.78 is 18.3. The maximum Gasteiger partial charge on any atom is 0.261 e. The highest BCUT2D eigenvalue weighted by atomic mass is 19.1. The van der Waals surface area contributed by atoms with Crippen molar-refractivity contribution in [2.75, 3.05) is 12.4 Å². The van der Waals surface area contributed by atoms with Crippen LogP contribution in [0.3, 0.4) is 0 Å². The van der Waals surface area contributed by atoms with E-state index < -0.39 is 17.2 Å². The molecule has 0 fully saturated rings. The molecule has 0 aliphatic heterocycles. The number of amides is 1. The highest BCUT2D eigenvalue weighted by Gasteiger charge is 2.13. The molecule has 0 spiro atoms. The van der Waals surface area contributed by atoms with E-state index in [4.69, 9.17) is 4.74 Å². The van der Waals surface area contributed by atoms with Gasteiger partial charge in [-0.25, -0.2) is 4.39 Å². The Kier molecular flexibility index (Phi) is 3.80. The lowest BCUT2D eigenvalue weighted by molar-refractivity contribution is 0.102. The monoisotopic (exact) mass is 312 g/mol. The van der Waals surface area contributed by atoms with Gasteiger partial charge in [0.15, 0.2) is 0 Å². The number of halogens is 1. The first kappa shape index (κ1) is 14.8. The van der Waals surface area contributed by atoms with Crippen LogP contribution >= 0.6 is 0 Å². The van der Waals surface area contributed by atoms with Crippen LogP contribution in [0, 0.1) is 5.82 Å². The lowest BCUT2D eigenvalue weighted by Gasteiger charge is -2.07. The maximum absolute atomic E-state index is 13.3. The van der Waals surface area contributed by atoms with Crippen molar-refractivity contribution in [1.29, 1.82) is 0 Å². The fourth-order valence-corrected chi connectivity index (χ4v) is 2.23. The van der Waals surface area contributed by atoms with Gasteiger partial charge in [0.25, 0.3) is 5.91 Å². The van der Waals surface area contributed by atoms with Crippen LogP contribution in [0.2, 0.25) is 0 Å². The summed E-state index contributed by atoms with van der Waals surface area (Å²) in [6.07, 6.45) is 1.32. The largest absolute Gasteiger partial charge is 0.497 e. The number of fused-ring (bicyclic) bond motifs is 1. The summed E-state index contributed by atoms with van der Waals surface area (Å²) in [6.45, 7) is 0. The second-order valence-electron chi connectivity index (χ2n) is 4.90.